The number of pyridine rings is 2. The summed E-state index contributed by atoms with van der Waals surface area (Å²) >= 11 is 0. The molecule has 3 heteroatoms. The molecule has 0 saturated heterocycles. The quantitative estimate of drug-likeness (QED) is 0.790. The smallest absolute Gasteiger partial charge is 0.257 e. The molecule has 0 spiro atoms. The first kappa shape index (κ1) is 17.6. The van der Waals surface area contributed by atoms with E-state index in [1.165, 1.54) is 11.1 Å². The zero-order valence-electron chi connectivity index (χ0n) is 15.3. The van der Waals surface area contributed by atoms with Gasteiger partial charge >= 0.3 is 0 Å². The molecular weight excluding hydrogens is 284 g/mol. The number of hydrogen-bond acceptors (Lipinski definition) is 1. The summed E-state index contributed by atoms with van der Waals surface area (Å²) in [6.07, 6.45) is 8.31. The van der Waals surface area contributed by atoms with Gasteiger partial charge in [0.1, 0.15) is 0 Å². The lowest BCUT2D eigenvalue weighted by Gasteiger charge is -2.17. The topological polar surface area (TPSA) is 17.0 Å². The maximum atomic E-state index is 5.78. The van der Waals surface area contributed by atoms with Crippen molar-refractivity contribution >= 4 is 0 Å². The maximum absolute atomic E-state index is 5.78. The minimum Gasteiger partial charge on any atom is -0.262 e. The van der Waals surface area contributed by atoms with E-state index in [4.69, 9.17) is 4.74 Å². The van der Waals surface area contributed by atoms with Crippen LogP contribution in [0.2, 0.25) is 0 Å². The minimum atomic E-state index is 0.185. The monoisotopic (exact) mass is 314 g/mol. The van der Waals surface area contributed by atoms with Crippen molar-refractivity contribution in [1.29, 1.82) is 0 Å². The molecule has 0 aliphatic carbocycles. The van der Waals surface area contributed by atoms with Gasteiger partial charge in [0.15, 0.2) is 24.8 Å². The molecule has 23 heavy (non-hydrogen) atoms. The van der Waals surface area contributed by atoms with Gasteiger partial charge in [-0.05, 0) is 22.0 Å². The Morgan fingerprint density at radius 3 is 1.22 bits per heavy atom. The first-order chi connectivity index (χ1) is 10.7. The fourth-order valence-corrected chi connectivity index (χ4v) is 2.34. The molecular formula is C20H30N2O+2. The van der Waals surface area contributed by atoms with Crippen molar-refractivity contribution in [2.24, 2.45) is 0 Å². The third-order valence-electron chi connectivity index (χ3n) is 4.00. The van der Waals surface area contributed by atoms with E-state index in [1.807, 2.05) is 0 Å². The van der Waals surface area contributed by atoms with Gasteiger partial charge in [0, 0.05) is 24.3 Å². The Kier molecular flexibility index (Phi) is 5.20. The van der Waals surface area contributed by atoms with Crippen molar-refractivity contribution in [2.45, 2.75) is 65.8 Å². The largest absolute Gasteiger partial charge is 0.262 e. The number of hydrogen-bond donors (Lipinski definition) is 0. The van der Waals surface area contributed by atoms with Crippen LogP contribution in [-0.4, -0.2) is 0 Å². The van der Waals surface area contributed by atoms with Crippen LogP contribution >= 0.6 is 0 Å². The van der Waals surface area contributed by atoms with Crippen LogP contribution < -0.4 is 9.13 Å². The molecule has 2 aromatic heterocycles. The molecule has 2 heterocycles. The standard InChI is InChI=1S/C20H30N2O/c1-19(2,3)17-7-11-21(12-8-17)15-23-16-22-13-9-18(10-14-22)20(4,5)6/h7-14H,15-16H2,1-6H3/q+2. The van der Waals surface area contributed by atoms with Gasteiger partial charge in [0.05, 0.1) is 0 Å². The first-order valence-corrected chi connectivity index (χ1v) is 8.23. The summed E-state index contributed by atoms with van der Waals surface area (Å²) in [5.74, 6) is 0. The summed E-state index contributed by atoms with van der Waals surface area (Å²) in [6.45, 7) is 14.4. The Hall–Kier alpha value is -1.74. The molecule has 124 valence electrons. The van der Waals surface area contributed by atoms with E-state index in [-0.39, 0.29) is 10.8 Å². The highest BCUT2D eigenvalue weighted by molar-refractivity contribution is 5.17. The molecule has 2 aromatic rings. The third kappa shape index (κ3) is 5.14. The lowest BCUT2D eigenvalue weighted by atomic mass is 9.88. The molecule has 0 unspecified atom stereocenters. The molecule has 0 aliphatic rings. The predicted molar refractivity (Wildman–Crippen MR) is 91.8 cm³/mol. The van der Waals surface area contributed by atoms with Crippen molar-refractivity contribution in [3.63, 3.8) is 0 Å². The Balaban J connectivity index is 1.87. The maximum Gasteiger partial charge on any atom is 0.257 e. The second kappa shape index (κ2) is 6.79. The van der Waals surface area contributed by atoms with Crippen molar-refractivity contribution < 1.29 is 13.9 Å². The summed E-state index contributed by atoms with van der Waals surface area (Å²) in [5, 5.41) is 0. The fraction of sp³-hybridized carbons (Fsp3) is 0.500. The Bertz CT molecular complexity index is 559. The second-order valence-corrected chi connectivity index (χ2v) is 8.16. The molecule has 0 bridgehead atoms. The van der Waals surface area contributed by atoms with Crippen LogP contribution in [0.25, 0.3) is 0 Å². The van der Waals surface area contributed by atoms with Crippen LogP contribution in [0.3, 0.4) is 0 Å². The van der Waals surface area contributed by atoms with Gasteiger partial charge in [-0.25, -0.2) is 0 Å². The van der Waals surface area contributed by atoms with Crippen LogP contribution in [0.5, 0.6) is 0 Å². The lowest BCUT2D eigenvalue weighted by Crippen LogP contribution is -2.40. The van der Waals surface area contributed by atoms with Gasteiger partial charge in [-0.2, -0.15) is 9.13 Å². The van der Waals surface area contributed by atoms with E-state index >= 15 is 0 Å². The molecule has 0 fully saturated rings. The molecule has 3 nitrogen and oxygen atoms in total. The molecule has 0 amide bonds. The van der Waals surface area contributed by atoms with Gasteiger partial charge in [0.2, 0.25) is 0 Å². The van der Waals surface area contributed by atoms with E-state index in [9.17, 15) is 0 Å². The summed E-state index contributed by atoms with van der Waals surface area (Å²) in [6, 6.07) is 8.65. The van der Waals surface area contributed by atoms with Crippen LogP contribution in [0.4, 0.5) is 0 Å². The van der Waals surface area contributed by atoms with E-state index < -0.39 is 0 Å². The van der Waals surface area contributed by atoms with E-state index in [1.54, 1.807) is 0 Å². The van der Waals surface area contributed by atoms with Gasteiger partial charge in [-0.1, -0.05) is 41.5 Å². The molecule has 0 N–H and O–H groups in total. The average Bonchev–Trinajstić information content (AvgIpc) is 2.46. The highest BCUT2D eigenvalue weighted by atomic mass is 16.5. The summed E-state index contributed by atoms with van der Waals surface area (Å²) in [7, 11) is 0. The predicted octanol–water partition coefficient (Wildman–Crippen LogP) is 3.49. The van der Waals surface area contributed by atoms with Crippen molar-refractivity contribution in [3.05, 3.63) is 60.2 Å². The van der Waals surface area contributed by atoms with Crippen molar-refractivity contribution in [3.8, 4) is 0 Å². The molecule has 0 aromatic carbocycles. The van der Waals surface area contributed by atoms with E-state index in [0.717, 1.165) is 0 Å². The van der Waals surface area contributed by atoms with Crippen LogP contribution in [0.15, 0.2) is 49.1 Å². The normalized spacial score (nSPS) is 12.4. The minimum absolute atomic E-state index is 0.185. The Morgan fingerprint density at radius 2 is 0.957 bits per heavy atom. The first-order valence-electron chi connectivity index (χ1n) is 8.23. The summed E-state index contributed by atoms with van der Waals surface area (Å²) in [4.78, 5) is 0. The van der Waals surface area contributed by atoms with Crippen molar-refractivity contribution in [2.75, 3.05) is 0 Å². The van der Waals surface area contributed by atoms with Gasteiger partial charge in [-0.15, -0.1) is 0 Å². The van der Waals surface area contributed by atoms with Crippen LogP contribution in [0, 0.1) is 0 Å². The lowest BCUT2D eigenvalue weighted by molar-refractivity contribution is -0.788. The number of aromatic nitrogens is 2. The highest BCUT2D eigenvalue weighted by Crippen LogP contribution is 2.20. The SMILES string of the molecule is CC(C)(C)c1cc[n+](COC[n+]2ccc(C(C)(C)C)cc2)cc1. The average molecular weight is 314 g/mol. The number of ether oxygens (including phenoxy) is 1. The van der Waals surface area contributed by atoms with Gasteiger partial charge < -0.3 is 0 Å². The number of nitrogens with zero attached hydrogens (tertiary/aromatic N) is 2. The molecule has 0 atom stereocenters. The summed E-state index contributed by atoms with van der Waals surface area (Å²) in [5.41, 5.74) is 3.04. The summed E-state index contributed by atoms with van der Waals surface area (Å²) < 4.78 is 9.89. The Morgan fingerprint density at radius 1 is 0.652 bits per heavy atom. The highest BCUT2D eigenvalue weighted by Gasteiger charge is 2.16. The van der Waals surface area contributed by atoms with Crippen molar-refractivity contribution in [1.82, 2.24) is 0 Å². The molecule has 2 rings (SSSR count). The van der Waals surface area contributed by atoms with E-state index in [0.29, 0.717) is 13.5 Å². The van der Waals surface area contributed by atoms with Crippen LogP contribution in [0.1, 0.15) is 52.7 Å². The second-order valence-electron chi connectivity index (χ2n) is 8.16. The number of rotatable bonds is 4. The zero-order chi connectivity index (χ0) is 17.1. The van der Waals surface area contributed by atoms with Gasteiger partial charge in [-0.3, -0.25) is 4.74 Å². The van der Waals surface area contributed by atoms with Crippen LogP contribution in [-0.2, 0) is 29.0 Å². The Labute approximate surface area is 140 Å². The zero-order valence-corrected chi connectivity index (χ0v) is 15.3. The van der Waals surface area contributed by atoms with E-state index in [2.05, 4.69) is 99.7 Å². The third-order valence-corrected chi connectivity index (χ3v) is 4.00. The molecule has 0 radical (unpaired) electrons. The van der Waals surface area contributed by atoms with Gasteiger partial charge in [0.25, 0.3) is 13.5 Å². The molecule has 0 saturated carbocycles. The fourth-order valence-electron chi connectivity index (χ4n) is 2.34. The molecule has 0 aliphatic heterocycles.